The second-order valence-corrected chi connectivity index (χ2v) is 10.8. The molecule has 32 heavy (non-hydrogen) atoms. The molecule has 0 atom stereocenters. The van der Waals surface area contributed by atoms with Crippen LogP contribution in [0.15, 0.2) is 35.3 Å². The van der Waals surface area contributed by atoms with E-state index in [-0.39, 0.29) is 11.8 Å². The number of amides is 1. The minimum atomic E-state index is 0.134. The van der Waals surface area contributed by atoms with Crippen LogP contribution in [-0.2, 0) is 17.8 Å². The third-order valence-corrected chi connectivity index (χ3v) is 8.14. The largest absolute Gasteiger partial charge is 0.317 e. The number of rotatable bonds is 8. The smallest absolute Gasteiger partial charge is 0.228 e. The van der Waals surface area contributed by atoms with Crippen molar-refractivity contribution in [2.24, 2.45) is 10.9 Å². The molecule has 1 aliphatic rings. The summed E-state index contributed by atoms with van der Waals surface area (Å²) < 4.78 is 0. The molecule has 1 heterocycles. The molecule has 1 saturated carbocycles. The number of nitrogens with zero attached hydrogens (tertiary/aromatic N) is 2. The van der Waals surface area contributed by atoms with Gasteiger partial charge in [-0.05, 0) is 64.1 Å². The first-order chi connectivity index (χ1) is 15.4. The van der Waals surface area contributed by atoms with Gasteiger partial charge >= 0.3 is 0 Å². The van der Waals surface area contributed by atoms with Crippen molar-refractivity contribution in [3.63, 3.8) is 0 Å². The SMILES string of the molecule is CCc1c(CN(C)C(C)C)sc(NC(=O)C2CCCCC2)c1C(=Nc1ccccc1)SC. The zero-order valence-corrected chi connectivity index (χ0v) is 21.7. The number of thioether (sulfide) groups is 1. The fourth-order valence-electron chi connectivity index (χ4n) is 4.14. The Morgan fingerprint density at radius 2 is 1.91 bits per heavy atom. The molecular formula is C26H37N3OS2. The van der Waals surface area contributed by atoms with Crippen LogP contribution in [0.5, 0.6) is 0 Å². The highest BCUT2D eigenvalue weighted by molar-refractivity contribution is 8.13. The van der Waals surface area contributed by atoms with Crippen LogP contribution < -0.4 is 5.32 Å². The topological polar surface area (TPSA) is 44.7 Å². The molecule has 1 aliphatic carbocycles. The lowest BCUT2D eigenvalue weighted by Gasteiger charge is -2.21. The number of carbonyl (C=O) groups is 1. The number of hydrogen-bond acceptors (Lipinski definition) is 5. The highest BCUT2D eigenvalue weighted by atomic mass is 32.2. The highest BCUT2D eigenvalue weighted by Gasteiger charge is 2.27. The predicted octanol–water partition coefficient (Wildman–Crippen LogP) is 7.11. The Bertz CT molecular complexity index is 915. The Morgan fingerprint density at radius 1 is 1.22 bits per heavy atom. The van der Waals surface area contributed by atoms with Crippen LogP contribution >= 0.6 is 23.1 Å². The Labute approximate surface area is 201 Å². The van der Waals surface area contributed by atoms with E-state index in [0.29, 0.717) is 6.04 Å². The molecule has 4 nitrogen and oxygen atoms in total. The maximum atomic E-state index is 13.2. The van der Waals surface area contributed by atoms with Crippen molar-refractivity contribution in [3.05, 3.63) is 46.3 Å². The number of hydrogen-bond donors (Lipinski definition) is 1. The molecule has 1 fully saturated rings. The molecule has 0 bridgehead atoms. The van der Waals surface area contributed by atoms with Crippen LogP contribution in [0, 0.1) is 5.92 Å². The number of nitrogens with one attached hydrogen (secondary N) is 1. The summed E-state index contributed by atoms with van der Waals surface area (Å²) in [6.07, 6.45) is 8.57. The Balaban J connectivity index is 2.03. The lowest BCUT2D eigenvalue weighted by Crippen LogP contribution is -2.25. The fraction of sp³-hybridized carbons (Fsp3) is 0.538. The van der Waals surface area contributed by atoms with Crippen LogP contribution in [0.1, 0.15) is 68.9 Å². The van der Waals surface area contributed by atoms with Crippen molar-refractivity contribution >= 4 is 44.7 Å². The van der Waals surface area contributed by atoms with Crippen molar-refractivity contribution in [1.29, 1.82) is 0 Å². The molecule has 2 aromatic rings. The maximum Gasteiger partial charge on any atom is 0.228 e. The van der Waals surface area contributed by atoms with Gasteiger partial charge in [0.1, 0.15) is 10.0 Å². The van der Waals surface area contributed by atoms with E-state index < -0.39 is 0 Å². The minimum absolute atomic E-state index is 0.134. The molecule has 3 rings (SSSR count). The monoisotopic (exact) mass is 471 g/mol. The van der Waals surface area contributed by atoms with Crippen molar-refractivity contribution in [2.45, 2.75) is 71.9 Å². The molecule has 6 heteroatoms. The average Bonchev–Trinajstić information content (AvgIpc) is 3.14. The number of para-hydroxylation sites is 1. The first-order valence-corrected chi connectivity index (χ1v) is 13.8. The normalized spacial score (nSPS) is 15.5. The molecule has 174 valence electrons. The van der Waals surface area contributed by atoms with Gasteiger partial charge in [-0.2, -0.15) is 0 Å². The molecule has 0 radical (unpaired) electrons. The third-order valence-electron chi connectivity index (χ3n) is 6.33. The first-order valence-electron chi connectivity index (χ1n) is 11.8. The summed E-state index contributed by atoms with van der Waals surface area (Å²) in [5, 5.41) is 5.29. The van der Waals surface area contributed by atoms with Crippen LogP contribution in [0.2, 0.25) is 0 Å². The second-order valence-electron chi connectivity index (χ2n) is 8.85. The van der Waals surface area contributed by atoms with Gasteiger partial charge in [-0.15, -0.1) is 23.1 Å². The molecule has 0 saturated heterocycles. The fourth-order valence-corrected chi connectivity index (χ4v) is 6.19. The number of benzene rings is 1. The van der Waals surface area contributed by atoms with Gasteiger partial charge in [0.25, 0.3) is 0 Å². The van der Waals surface area contributed by atoms with Gasteiger partial charge in [0, 0.05) is 28.9 Å². The standard InChI is InChI=1S/C26H37N3OS2/c1-6-21-22(17-29(4)18(2)3)32-26(28-24(30)19-13-9-7-10-14-19)23(21)25(31-5)27-20-15-11-8-12-16-20/h8,11-12,15-16,18-19H,6-7,9-10,13-14,17H2,1-5H3,(H,28,30). The van der Waals surface area contributed by atoms with E-state index in [1.54, 1.807) is 23.1 Å². The maximum absolute atomic E-state index is 13.2. The van der Waals surface area contributed by atoms with Crippen molar-refractivity contribution < 1.29 is 4.79 Å². The summed E-state index contributed by atoms with van der Waals surface area (Å²) >= 11 is 3.39. The molecule has 1 aromatic carbocycles. The number of aliphatic imine (C=N–C) groups is 1. The van der Waals surface area contributed by atoms with E-state index >= 15 is 0 Å². The van der Waals surface area contributed by atoms with Gasteiger partial charge in [0.15, 0.2) is 0 Å². The zero-order chi connectivity index (χ0) is 23.1. The molecule has 0 unspecified atom stereocenters. The van der Waals surface area contributed by atoms with Gasteiger partial charge in [-0.3, -0.25) is 9.69 Å². The quantitative estimate of drug-likeness (QED) is 0.329. The Morgan fingerprint density at radius 3 is 2.50 bits per heavy atom. The van der Waals surface area contributed by atoms with E-state index in [9.17, 15) is 4.79 Å². The van der Waals surface area contributed by atoms with Gasteiger partial charge in [-0.25, -0.2) is 4.99 Å². The second kappa shape index (κ2) is 12.0. The average molecular weight is 472 g/mol. The van der Waals surface area contributed by atoms with Crippen molar-refractivity contribution in [3.8, 4) is 0 Å². The van der Waals surface area contributed by atoms with Crippen LogP contribution in [0.4, 0.5) is 10.7 Å². The predicted molar refractivity (Wildman–Crippen MR) is 142 cm³/mol. The Hall–Kier alpha value is -1.63. The van der Waals surface area contributed by atoms with Crippen LogP contribution in [0.3, 0.4) is 0 Å². The summed E-state index contributed by atoms with van der Waals surface area (Å²) in [7, 11) is 2.16. The van der Waals surface area contributed by atoms with Gasteiger partial charge in [0.2, 0.25) is 5.91 Å². The van der Waals surface area contributed by atoms with E-state index in [4.69, 9.17) is 4.99 Å². The van der Waals surface area contributed by atoms with Gasteiger partial charge < -0.3 is 5.32 Å². The number of carbonyl (C=O) groups excluding carboxylic acids is 1. The van der Waals surface area contributed by atoms with Crippen LogP contribution in [-0.4, -0.2) is 35.2 Å². The lowest BCUT2D eigenvalue weighted by molar-refractivity contribution is -0.120. The zero-order valence-electron chi connectivity index (χ0n) is 20.1. The van der Waals surface area contributed by atoms with E-state index in [0.717, 1.165) is 59.9 Å². The number of thiophene rings is 1. The third kappa shape index (κ3) is 6.24. The molecule has 0 spiro atoms. The summed E-state index contributed by atoms with van der Waals surface area (Å²) in [5.74, 6) is 0.313. The van der Waals surface area contributed by atoms with Crippen molar-refractivity contribution in [1.82, 2.24) is 4.90 Å². The molecular weight excluding hydrogens is 434 g/mol. The Kier molecular flexibility index (Phi) is 9.38. The van der Waals surface area contributed by atoms with E-state index in [2.05, 4.69) is 44.3 Å². The number of anilines is 1. The molecule has 1 N–H and O–H groups in total. The summed E-state index contributed by atoms with van der Waals surface area (Å²) in [6, 6.07) is 10.6. The molecule has 1 aromatic heterocycles. The highest BCUT2D eigenvalue weighted by Crippen LogP contribution is 2.39. The minimum Gasteiger partial charge on any atom is -0.317 e. The van der Waals surface area contributed by atoms with Crippen molar-refractivity contribution in [2.75, 3.05) is 18.6 Å². The molecule has 1 amide bonds. The summed E-state index contributed by atoms with van der Waals surface area (Å²) in [4.78, 5) is 21.8. The van der Waals surface area contributed by atoms with Gasteiger partial charge in [0.05, 0.1) is 5.69 Å². The lowest BCUT2D eigenvalue weighted by atomic mass is 9.89. The summed E-state index contributed by atoms with van der Waals surface area (Å²) in [6.45, 7) is 7.52. The van der Waals surface area contributed by atoms with Crippen LogP contribution in [0.25, 0.3) is 0 Å². The first kappa shape index (κ1) is 25.0. The van der Waals surface area contributed by atoms with E-state index in [1.807, 2.05) is 30.3 Å². The summed E-state index contributed by atoms with van der Waals surface area (Å²) in [5.41, 5.74) is 3.37. The van der Waals surface area contributed by atoms with Gasteiger partial charge in [-0.1, -0.05) is 44.4 Å². The van der Waals surface area contributed by atoms with E-state index in [1.165, 1.54) is 16.9 Å². The molecule has 0 aliphatic heterocycles.